The Labute approximate surface area is 254 Å². The van der Waals surface area contributed by atoms with E-state index in [1.165, 1.54) is 32.0 Å². The average molecular weight is 611 g/mol. The number of primary amides is 1. The van der Waals surface area contributed by atoms with Crippen LogP contribution in [0.25, 0.3) is 5.76 Å². The van der Waals surface area contributed by atoms with Gasteiger partial charge in [0.25, 0.3) is 5.91 Å². The Morgan fingerprint density at radius 2 is 1.73 bits per heavy atom. The van der Waals surface area contributed by atoms with Gasteiger partial charge in [0.1, 0.15) is 34.7 Å². The summed E-state index contributed by atoms with van der Waals surface area (Å²) in [5, 5.41) is 46.0. The molecule has 0 aliphatic heterocycles. The molecule has 4 aliphatic rings. The van der Waals surface area contributed by atoms with Crippen molar-refractivity contribution in [1.82, 2.24) is 4.90 Å². The topological polar surface area (TPSA) is 205 Å². The molecule has 0 spiro atoms. The molecular weight excluding hydrogens is 572 g/mol. The number of nitrogens with zero attached hydrogens (tertiary/aromatic N) is 1. The zero-order valence-electron chi connectivity index (χ0n) is 25.1. The van der Waals surface area contributed by atoms with Crippen molar-refractivity contribution in [3.05, 3.63) is 45.7 Å². The van der Waals surface area contributed by atoms with Gasteiger partial charge < -0.3 is 30.9 Å². The van der Waals surface area contributed by atoms with Gasteiger partial charge in [-0.3, -0.25) is 28.9 Å². The number of amides is 1. The van der Waals surface area contributed by atoms with Gasteiger partial charge in [-0.15, -0.1) is 0 Å². The Balaban J connectivity index is 1.79. The highest BCUT2D eigenvalue weighted by atomic mass is 16.5. The molecule has 12 heteroatoms. The Morgan fingerprint density at radius 1 is 1.09 bits per heavy atom. The van der Waals surface area contributed by atoms with E-state index < -0.39 is 81.6 Å². The second-order valence-electron chi connectivity index (χ2n) is 12.5. The third kappa shape index (κ3) is 4.45. The third-order valence-electron chi connectivity index (χ3n) is 9.90. The van der Waals surface area contributed by atoms with Gasteiger partial charge in [0.05, 0.1) is 17.5 Å². The Bertz CT molecular complexity index is 1540. The number of aliphatic hydroxyl groups excluding tert-OH is 2. The fourth-order valence-corrected chi connectivity index (χ4v) is 7.87. The van der Waals surface area contributed by atoms with Gasteiger partial charge in [-0.1, -0.05) is 32.8 Å². The number of phenols is 1. The Morgan fingerprint density at radius 3 is 2.30 bits per heavy atom. The largest absolute Gasteiger partial charge is 0.508 e. The molecule has 44 heavy (non-hydrogen) atoms. The van der Waals surface area contributed by atoms with Crippen molar-refractivity contribution < 1.29 is 49.1 Å². The fraction of sp³-hybridized carbons (Fsp3) is 0.531. The second-order valence-corrected chi connectivity index (χ2v) is 12.5. The van der Waals surface area contributed by atoms with Gasteiger partial charge in [0, 0.05) is 30.3 Å². The summed E-state index contributed by atoms with van der Waals surface area (Å²) in [4.78, 5) is 67.8. The molecular formula is C32H38N2O10. The van der Waals surface area contributed by atoms with Crippen LogP contribution >= 0.6 is 0 Å². The minimum Gasteiger partial charge on any atom is -0.508 e. The van der Waals surface area contributed by atoms with Gasteiger partial charge in [-0.05, 0) is 50.0 Å². The molecule has 0 heterocycles. The second kappa shape index (κ2) is 11.2. The first-order chi connectivity index (χ1) is 20.7. The van der Waals surface area contributed by atoms with Gasteiger partial charge in [-0.2, -0.15) is 0 Å². The predicted molar refractivity (Wildman–Crippen MR) is 155 cm³/mol. The van der Waals surface area contributed by atoms with Crippen LogP contribution in [0, 0.1) is 17.8 Å². The first-order valence-electron chi connectivity index (χ1n) is 14.9. The zero-order valence-corrected chi connectivity index (χ0v) is 25.1. The zero-order chi connectivity index (χ0) is 32.4. The molecule has 12 nitrogen and oxygen atoms in total. The molecule has 4 aliphatic carbocycles. The number of phenolic OH excluding ortho intramolecular Hbond substituents is 1. The van der Waals surface area contributed by atoms with Crippen LogP contribution in [0.15, 0.2) is 29.0 Å². The summed E-state index contributed by atoms with van der Waals surface area (Å²) >= 11 is 0. The summed E-state index contributed by atoms with van der Waals surface area (Å²) < 4.78 is 5.88. The number of ether oxygens (including phenoxy) is 1. The van der Waals surface area contributed by atoms with Crippen LogP contribution in [0.2, 0.25) is 0 Å². The van der Waals surface area contributed by atoms with Crippen LogP contribution in [0.3, 0.4) is 0 Å². The molecule has 0 bridgehead atoms. The van der Waals surface area contributed by atoms with E-state index in [0.717, 1.165) is 25.7 Å². The van der Waals surface area contributed by atoms with Crippen molar-refractivity contribution in [3.63, 3.8) is 0 Å². The Hall–Kier alpha value is -4.03. The van der Waals surface area contributed by atoms with Crippen molar-refractivity contribution in [3.8, 4) is 5.75 Å². The first-order valence-corrected chi connectivity index (χ1v) is 14.9. The number of carbonyl (C=O) groups is 5. The van der Waals surface area contributed by atoms with Crippen LogP contribution in [-0.4, -0.2) is 86.4 Å². The van der Waals surface area contributed by atoms with E-state index in [2.05, 4.69) is 0 Å². The number of ketones is 3. The third-order valence-corrected chi connectivity index (χ3v) is 9.90. The maximum Gasteiger partial charge on any atom is 0.305 e. The van der Waals surface area contributed by atoms with E-state index in [9.17, 15) is 44.4 Å². The quantitative estimate of drug-likeness (QED) is 0.222. The van der Waals surface area contributed by atoms with Crippen molar-refractivity contribution in [1.29, 1.82) is 0 Å². The number of hydrogen-bond acceptors (Lipinski definition) is 11. The van der Waals surface area contributed by atoms with E-state index in [0.29, 0.717) is 11.1 Å². The molecule has 0 saturated heterocycles. The van der Waals surface area contributed by atoms with Crippen molar-refractivity contribution in [2.24, 2.45) is 23.5 Å². The maximum atomic E-state index is 14.4. The lowest BCUT2D eigenvalue weighted by Crippen LogP contribution is -2.71. The number of carbonyl (C=O) groups excluding carboxylic acids is 5. The number of Topliss-reactive ketones (excluding diaryl/α,β-unsaturated/α-hetero) is 3. The number of nitrogens with two attached hydrogens (primary N) is 1. The Kier molecular flexibility index (Phi) is 7.96. The number of rotatable bonds is 7. The van der Waals surface area contributed by atoms with E-state index in [1.807, 2.05) is 0 Å². The number of likely N-dealkylation sites (N-methyl/N-ethyl adjacent to an activating group) is 1. The number of hydrogen-bond donors (Lipinski definition) is 5. The van der Waals surface area contributed by atoms with Crippen LogP contribution in [-0.2, 0) is 35.1 Å². The molecule has 5 rings (SSSR count). The fourth-order valence-electron chi connectivity index (χ4n) is 7.87. The molecule has 2 saturated carbocycles. The first kappa shape index (κ1) is 31.4. The summed E-state index contributed by atoms with van der Waals surface area (Å²) in [6, 6.07) is 1.44. The summed E-state index contributed by atoms with van der Waals surface area (Å²) in [5.74, 6) is -10.4. The highest BCUT2D eigenvalue weighted by Crippen LogP contribution is 2.57. The molecule has 1 aromatic carbocycles. The maximum absolute atomic E-state index is 14.4. The minimum absolute atomic E-state index is 0.0119. The lowest BCUT2D eigenvalue weighted by Gasteiger charge is -2.54. The summed E-state index contributed by atoms with van der Waals surface area (Å²) in [7, 11) is 2.92. The molecule has 2 fully saturated rings. The van der Waals surface area contributed by atoms with E-state index >= 15 is 0 Å². The van der Waals surface area contributed by atoms with Gasteiger partial charge in [0.2, 0.25) is 5.78 Å². The van der Waals surface area contributed by atoms with Gasteiger partial charge in [-0.25, -0.2) is 0 Å². The predicted octanol–water partition coefficient (Wildman–Crippen LogP) is 1.76. The van der Waals surface area contributed by atoms with Crippen molar-refractivity contribution >= 4 is 35.0 Å². The van der Waals surface area contributed by atoms with E-state index in [1.54, 1.807) is 13.0 Å². The SMILES string of the molecule is CCC(=O)O[C@@H]1[C@@H]2C(=C(O)c3c(O)ccc(CC(=O)C4CCCC4)c3[C@H]2C)C(=O)[C@@]2(O)C(O)=C(C(N)=O)C(=O)[C@H](N(C)C)[C@@H]12. The van der Waals surface area contributed by atoms with Gasteiger partial charge >= 0.3 is 5.97 Å². The molecule has 6 N–H and O–H groups in total. The molecule has 1 amide bonds. The standard InChI is InChI=1S/C32H38N2O10/c1-5-18(37)44-28-20-13(2)19-15(12-17(36)14-8-6-7-9-14)10-11-16(35)21(19)26(38)22(20)29(40)32(43)24(28)25(34(3)4)27(39)23(30(32)41)31(33)42/h10-11,13-14,20,24-25,28,35,38,41,43H,5-9,12H2,1-4H3,(H2,33,42)/t13-,20+,24+,25-,28-,32-/m1/s1. The summed E-state index contributed by atoms with van der Waals surface area (Å²) in [5.41, 5.74) is 1.75. The lowest BCUT2D eigenvalue weighted by molar-refractivity contribution is -0.185. The minimum atomic E-state index is -3.01. The van der Waals surface area contributed by atoms with Crippen LogP contribution in [0.1, 0.15) is 68.6 Å². The highest BCUT2D eigenvalue weighted by molar-refractivity contribution is 6.24. The monoisotopic (exact) mass is 610 g/mol. The molecule has 0 unspecified atom stereocenters. The normalized spacial score (nSPS) is 30.3. The van der Waals surface area contributed by atoms with E-state index in [4.69, 9.17) is 10.5 Å². The van der Waals surface area contributed by atoms with E-state index in [-0.39, 0.29) is 35.9 Å². The number of aliphatic hydroxyl groups is 3. The van der Waals surface area contributed by atoms with Crippen LogP contribution in [0.5, 0.6) is 5.75 Å². The highest BCUT2D eigenvalue weighted by Gasteiger charge is 2.69. The molecule has 1 aromatic rings. The number of esters is 1. The number of fused-ring (bicyclic) bond motifs is 3. The average Bonchev–Trinajstić information content (AvgIpc) is 3.50. The van der Waals surface area contributed by atoms with Crippen molar-refractivity contribution in [2.45, 2.75) is 76.0 Å². The van der Waals surface area contributed by atoms with Gasteiger partial charge in [0.15, 0.2) is 11.4 Å². The number of benzene rings is 1. The van der Waals surface area contributed by atoms with Crippen LogP contribution < -0.4 is 5.73 Å². The molecule has 236 valence electrons. The molecule has 0 aromatic heterocycles. The summed E-state index contributed by atoms with van der Waals surface area (Å²) in [6.07, 6.45) is 1.88. The number of aromatic hydroxyl groups is 1. The van der Waals surface area contributed by atoms with Crippen molar-refractivity contribution in [2.75, 3.05) is 14.1 Å². The molecule has 6 atom stereocenters. The molecule has 0 radical (unpaired) electrons. The summed E-state index contributed by atoms with van der Waals surface area (Å²) in [6.45, 7) is 3.21. The lowest BCUT2D eigenvalue weighted by atomic mass is 9.54. The smallest absolute Gasteiger partial charge is 0.305 e. The van der Waals surface area contributed by atoms with Crippen LogP contribution in [0.4, 0.5) is 0 Å².